The van der Waals surface area contributed by atoms with Crippen molar-refractivity contribution in [3.05, 3.63) is 72.9 Å². The van der Waals surface area contributed by atoms with Crippen LogP contribution in [-0.4, -0.2) is 24.4 Å². The van der Waals surface area contributed by atoms with E-state index in [-0.39, 0.29) is 5.91 Å². The molecule has 2 heteroatoms. The number of rotatable bonds is 5. The van der Waals surface area contributed by atoms with Gasteiger partial charge in [-0.3, -0.25) is 4.79 Å². The number of hydrogen-bond acceptors (Lipinski definition) is 1. The predicted octanol–water partition coefficient (Wildman–Crippen LogP) is 3.38. The summed E-state index contributed by atoms with van der Waals surface area (Å²) in [5.74, 6) is 0.119. The van der Waals surface area contributed by atoms with Crippen LogP contribution in [0.3, 0.4) is 0 Å². The van der Waals surface area contributed by atoms with Gasteiger partial charge in [0.05, 0.1) is 5.41 Å². The monoisotopic (exact) mass is 267 g/mol. The highest BCUT2D eigenvalue weighted by Gasteiger charge is 2.36. The van der Waals surface area contributed by atoms with Crippen molar-refractivity contribution in [1.29, 1.82) is 0 Å². The van der Waals surface area contributed by atoms with Crippen LogP contribution in [0.2, 0.25) is 0 Å². The minimum atomic E-state index is -0.558. The van der Waals surface area contributed by atoms with Crippen LogP contribution >= 0.6 is 0 Å². The van der Waals surface area contributed by atoms with Crippen molar-refractivity contribution in [2.24, 2.45) is 5.41 Å². The topological polar surface area (TPSA) is 20.3 Å². The third-order valence-corrected chi connectivity index (χ3v) is 3.59. The summed E-state index contributed by atoms with van der Waals surface area (Å²) in [5, 5.41) is 0. The summed E-state index contributed by atoms with van der Waals surface area (Å²) in [6.07, 6.45) is 11.6. The van der Waals surface area contributed by atoms with Gasteiger partial charge in [0.2, 0.25) is 5.91 Å². The minimum Gasteiger partial charge on any atom is -0.341 e. The lowest BCUT2D eigenvalue weighted by Crippen LogP contribution is -2.41. The van der Waals surface area contributed by atoms with Crippen LogP contribution in [0.1, 0.15) is 12.0 Å². The van der Waals surface area contributed by atoms with Gasteiger partial charge in [-0.2, -0.15) is 0 Å². The second-order valence-corrected chi connectivity index (χ2v) is 5.22. The summed E-state index contributed by atoms with van der Waals surface area (Å²) in [6.45, 7) is 4.27. The fourth-order valence-corrected chi connectivity index (χ4v) is 2.59. The third kappa shape index (κ3) is 3.08. The molecule has 0 unspecified atom stereocenters. The molecule has 1 aliphatic carbocycles. The zero-order chi connectivity index (χ0) is 14.4. The molecular weight excluding hydrogens is 246 g/mol. The number of nitrogens with zero attached hydrogens (tertiary/aromatic N) is 1. The average Bonchev–Trinajstić information content (AvgIpc) is 2.48. The van der Waals surface area contributed by atoms with Crippen LogP contribution in [0.4, 0.5) is 0 Å². The molecule has 0 aliphatic heterocycles. The summed E-state index contributed by atoms with van der Waals surface area (Å²) in [4.78, 5) is 14.5. The lowest BCUT2D eigenvalue weighted by atomic mass is 9.77. The van der Waals surface area contributed by atoms with Crippen molar-refractivity contribution in [3.8, 4) is 0 Å². The van der Waals surface area contributed by atoms with Crippen LogP contribution in [0.15, 0.2) is 67.3 Å². The van der Waals surface area contributed by atoms with Crippen molar-refractivity contribution in [1.82, 2.24) is 4.90 Å². The van der Waals surface area contributed by atoms with Gasteiger partial charge in [0.1, 0.15) is 0 Å². The Hall–Kier alpha value is -2.09. The summed E-state index contributed by atoms with van der Waals surface area (Å²) in [6, 6.07) is 10.2. The van der Waals surface area contributed by atoms with Crippen LogP contribution in [-0.2, 0) is 11.2 Å². The molecule has 1 aromatic rings. The molecule has 0 saturated carbocycles. The smallest absolute Gasteiger partial charge is 0.236 e. The predicted molar refractivity (Wildman–Crippen MR) is 83.3 cm³/mol. The maximum Gasteiger partial charge on any atom is 0.236 e. The van der Waals surface area contributed by atoms with E-state index >= 15 is 0 Å². The Bertz CT molecular complexity index is 516. The lowest BCUT2D eigenvalue weighted by Gasteiger charge is -2.32. The first kappa shape index (κ1) is 14.3. The molecular formula is C18H21NO. The van der Waals surface area contributed by atoms with E-state index in [1.54, 1.807) is 11.0 Å². The molecule has 0 saturated heterocycles. The number of likely N-dealkylation sites (N-methyl/N-ethyl adjacent to an activating group) is 1. The number of benzene rings is 1. The van der Waals surface area contributed by atoms with E-state index in [1.807, 2.05) is 37.4 Å². The fourth-order valence-electron chi connectivity index (χ4n) is 2.59. The average molecular weight is 267 g/mol. The second-order valence-electron chi connectivity index (χ2n) is 5.22. The molecule has 1 aliphatic rings. The lowest BCUT2D eigenvalue weighted by molar-refractivity contribution is -0.135. The number of allylic oxidation sites excluding steroid dienone is 2. The molecule has 0 spiro atoms. The molecule has 0 aromatic heterocycles. The van der Waals surface area contributed by atoms with E-state index in [0.29, 0.717) is 13.0 Å². The molecule has 0 bridgehead atoms. The van der Waals surface area contributed by atoms with Gasteiger partial charge >= 0.3 is 0 Å². The van der Waals surface area contributed by atoms with E-state index in [4.69, 9.17) is 0 Å². The van der Waals surface area contributed by atoms with Gasteiger partial charge in [-0.25, -0.2) is 0 Å². The van der Waals surface area contributed by atoms with Crippen molar-refractivity contribution >= 4 is 5.91 Å². The maximum absolute atomic E-state index is 12.8. The first-order valence-electron chi connectivity index (χ1n) is 6.94. The van der Waals surface area contributed by atoms with Gasteiger partial charge in [-0.1, -0.05) is 60.7 Å². The molecule has 20 heavy (non-hydrogen) atoms. The molecule has 0 heterocycles. The highest BCUT2D eigenvalue weighted by molar-refractivity contribution is 5.87. The van der Waals surface area contributed by atoms with Crippen molar-refractivity contribution < 1.29 is 4.79 Å². The molecule has 0 N–H and O–H groups in total. The van der Waals surface area contributed by atoms with E-state index in [0.717, 1.165) is 6.42 Å². The first-order chi connectivity index (χ1) is 9.68. The highest BCUT2D eigenvalue weighted by Crippen LogP contribution is 2.32. The van der Waals surface area contributed by atoms with Gasteiger partial charge in [0, 0.05) is 13.6 Å². The molecule has 1 amide bonds. The Kier molecular flexibility index (Phi) is 4.57. The molecule has 2 rings (SSSR count). The Morgan fingerprint density at radius 1 is 1.30 bits per heavy atom. The largest absolute Gasteiger partial charge is 0.341 e. The zero-order valence-corrected chi connectivity index (χ0v) is 12.0. The van der Waals surface area contributed by atoms with Crippen molar-refractivity contribution in [2.75, 3.05) is 13.6 Å². The first-order valence-corrected chi connectivity index (χ1v) is 6.94. The number of carbonyl (C=O) groups excluding carboxylic acids is 1. The summed E-state index contributed by atoms with van der Waals surface area (Å²) < 4.78 is 0. The number of amides is 1. The van der Waals surface area contributed by atoms with E-state index in [9.17, 15) is 4.79 Å². The fraction of sp³-hybridized carbons (Fsp3) is 0.278. The van der Waals surface area contributed by atoms with Crippen LogP contribution in [0.25, 0.3) is 0 Å². The Balaban J connectivity index is 2.29. The second kappa shape index (κ2) is 6.38. The van der Waals surface area contributed by atoms with Crippen molar-refractivity contribution in [2.45, 2.75) is 12.8 Å². The molecule has 0 radical (unpaired) electrons. The minimum absolute atomic E-state index is 0.119. The van der Waals surface area contributed by atoms with E-state index < -0.39 is 5.41 Å². The maximum atomic E-state index is 12.8. The summed E-state index contributed by atoms with van der Waals surface area (Å²) >= 11 is 0. The highest BCUT2D eigenvalue weighted by atomic mass is 16.2. The van der Waals surface area contributed by atoms with Gasteiger partial charge in [-0.15, -0.1) is 6.58 Å². The van der Waals surface area contributed by atoms with E-state index in [2.05, 4.69) is 30.9 Å². The quantitative estimate of drug-likeness (QED) is 0.749. The standard InChI is InChI=1S/C18H21NO/c1-3-14-19(2)17(20)18(12-8-5-9-13-18)15-16-10-6-4-7-11-16/h3-4,6-13H,1,5,14-15H2,2H3. The number of hydrogen-bond donors (Lipinski definition) is 0. The van der Waals surface area contributed by atoms with Gasteiger partial charge in [0.25, 0.3) is 0 Å². The van der Waals surface area contributed by atoms with Gasteiger partial charge in [0.15, 0.2) is 0 Å². The SMILES string of the molecule is C=CCN(C)C(=O)C1(Cc2ccccc2)C=CCC=C1. The van der Waals surface area contributed by atoms with Crippen LogP contribution in [0, 0.1) is 5.41 Å². The number of carbonyl (C=O) groups is 1. The third-order valence-electron chi connectivity index (χ3n) is 3.59. The summed E-state index contributed by atoms with van der Waals surface area (Å²) in [7, 11) is 1.83. The Morgan fingerprint density at radius 2 is 1.95 bits per heavy atom. The Morgan fingerprint density at radius 3 is 2.55 bits per heavy atom. The van der Waals surface area contributed by atoms with Crippen LogP contribution < -0.4 is 0 Å². The zero-order valence-electron chi connectivity index (χ0n) is 12.0. The molecule has 104 valence electrons. The van der Waals surface area contributed by atoms with Gasteiger partial charge in [-0.05, 0) is 18.4 Å². The van der Waals surface area contributed by atoms with E-state index in [1.165, 1.54) is 5.56 Å². The normalized spacial score (nSPS) is 15.8. The molecule has 2 nitrogen and oxygen atoms in total. The van der Waals surface area contributed by atoms with Crippen molar-refractivity contribution in [3.63, 3.8) is 0 Å². The summed E-state index contributed by atoms with van der Waals surface area (Å²) in [5.41, 5.74) is 0.612. The molecule has 0 atom stereocenters. The molecule has 1 aromatic carbocycles. The van der Waals surface area contributed by atoms with Gasteiger partial charge < -0.3 is 4.90 Å². The molecule has 0 fully saturated rings. The van der Waals surface area contributed by atoms with Crippen LogP contribution in [0.5, 0.6) is 0 Å². The Labute approximate surface area is 121 Å².